The second-order valence-corrected chi connectivity index (χ2v) is 8.95. The molecule has 4 atom stereocenters. The predicted molar refractivity (Wildman–Crippen MR) is 97.1 cm³/mol. The summed E-state index contributed by atoms with van der Waals surface area (Å²) >= 11 is 0. The van der Waals surface area contributed by atoms with E-state index in [9.17, 15) is 9.90 Å². The average Bonchev–Trinajstić information content (AvgIpc) is 3.26. The molecule has 1 aliphatic carbocycles. The molecule has 5 heteroatoms. The minimum Gasteiger partial charge on any atom is -0.506 e. The number of carbonyl (C=O) groups excluding carboxylic acids is 1. The van der Waals surface area contributed by atoms with Gasteiger partial charge in [-0.25, -0.2) is 0 Å². The zero-order valence-electron chi connectivity index (χ0n) is 15.3. The minimum absolute atomic E-state index is 0.0331. The van der Waals surface area contributed by atoms with Crippen molar-refractivity contribution in [2.75, 3.05) is 24.6 Å². The first kappa shape index (κ1) is 15.5. The summed E-state index contributed by atoms with van der Waals surface area (Å²) < 4.78 is 6.76. The van der Waals surface area contributed by atoms with E-state index in [-0.39, 0.29) is 34.3 Å². The van der Waals surface area contributed by atoms with Gasteiger partial charge < -0.3 is 14.7 Å². The summed E-state index contributed by atoms with van der Waals surface area (Å²) in [6.07, 6.45) is 6.74. The summed E-state index contributed by atoms with van der Waals surface area (Å²) in [4.78, 5) is 17.2. The van der Waals surface area contributed by atoms with Gasteiger partial charge in [0.15, 0.2) is 0 Å². The van der Waals surface area contributed by atoms with Crippen LogP contribution in [0, 0.1) is 5.41 Å². The molecule has 26 heavy (non-hydrogen) atoms. The maximum absolute atomic E-state index is 12.7. The molecule has 4 heterocycles. The Morgan fingerprint density at radius 1 is 1.23 bits per heavy atom. The molecule has 4 fully saturated rings. The number of carbonyl (C=O) groups is 1. The Morgan fingerprint density at radius 3 is 2.96 bits per heavy atom. The normalized spacial score (nSPS) is 43.0. The SMILES string of the molecule is CC(=O)N1c2c(O)cccc2C23CCN4CCC[C@]5(CCO[C@]425)CCC13. The van der Waals surface area contributed by atoms with Crippen LogP contribution >= 0.6 is 0 Å². The highest BCUT2D eigenvalue weighted by molar-refractivity contribution is 5.98. The third-order valence-electron chi connectivity index (χ3n) is 8.37. The molecule has 0 radical (unpaired) electrons. The number of rotatable bonds is 0. The first-order valence-electron chi connectivity index (χ1n) is 10.1. The number of amides is 1. The topological polar surface area (TPSA) is 53.0 Å². The van der Waals surface area contributed by atoms with Crippen LogP contribution in [0.15, 0.2) is 18.2 Å². The molecular formula is C21H26N2O3. The van der Waals surface area contributed by atoms with Gasteiger partial charge in [0.1, 0.15) is 11.5 Å². The van der Waals surface area contributed by atoms with E-state index in [1.54, 1.807) is 13.0 Å². The Labute approximate surface area is 153 Å². The second-order valence-electron chi connectivity index (χ2n) is 8.95. The number of piperidine rings is 1. The summed E-state index contributed by atoms with van der Waals surface area (Å²) in [6.45, 7) is 4.57. The molecule has 2 spiro atoms. The number of nitrogens with zero attached hydrogens (tertiary/aromatic N) is 2. The fourth-order valence-corrected chi connectivity index (χ4v) is 7.83. The van der Waals surface area contributed by atoms with E-state index < -0.39 is 0 Å². The van der Waals surface area contributed by atoms with Gasteiger partial charge in [0.05, 0.1) is 17.1 Å². The summed E-state index contributed by atoms with van der Waals surface area (Å²) in [5.41, 5.74) is 1.59. The first-order valence-corrected chi connectivity index (χ1v) is 10.1. The Morgan fingerprint density at radius 2 is 2.12 bits per heavy atom. The molecule has 1 aromatic rings. The van der Waals surface area contributed by atoms with E-state index in [0.29, 0.717) is 0 Å². The van der Waals surface area contributed by atoms with Crippen LogP contribution in [-0.4, -0.2) is 47.4 Å². The highest BCUT2D eigenvalue weighted by Gasteiger charge is 2.79. The van der Waals surface area contributed by atoms with Gasteiger partial charge in [0.25, 0.3) is 0 Å². The van der Waals surface area contributed by atoms with Crippen molar-refractivity contribution < 1.29 is 14.6 Å². The summed E-state index contributed by atoms with van der Waals surface area (Å²) in [7, 11) is 0. The van der Waals surface area contributed by atoms with Crippen molar-refractivity contribution in [2.45, 2.75) is 62.6 Å². The molecule has 3 saturated heterocycles. The minimum atomic E-state index is -0.298. The standard InChI is InChI=1S/C21H26N2O3/c1-14(24)23-17-6-8-19-7-3-11-22-12-9-20(17,21(19,22)26-13-10-19)15-4-2-5-16(25)18(15)23/h2,4-5,17,25H,3,6-13H2,1H3/t17?,19-,20?,21+/m1/s1. The van der Waals surface area contributed by atoms with Gasteiger partial charge in [0.2, 0.25) is 5.91 Å². The molecular weight excluding hydrogens is 328 g/mol. The third kappa shape index (κ3) is 1.34. The first-order chi connectivity index (χ1) is 12.6. The summed E-state index contributed by atoms with van der Waals surface area (Å²) in [5.74, 6) is 0.265. The predicted octanol–water partition coefficient (Wildman–Crippen LogP) is 2.76. The molecule has 0 aromatic heterocycles. The molecule has 1 aromatic carbocycles. The highest BCUT2D eigenvalue weighted by Crippen LogP contribution is 2.73. The van der Waals surface area contributed by atoms with Crippen LogP contribution in [0.5, 0.6) is 5.75 Å². The lowest BCUT2D eigenvalue weighted by Gasteiger charge is -2.62. The number of aromatic hydroxyl groups is 1. The zero-order valence-corrected chi connectivity index (χ0v) is 15.3. The molecule has 1 amide bonds. The molecule has 2 unspecified atom stereocenters. The van der Waals surface area contributed by atoms with E-state index in [1.165, 1.54) is 12.8 Å². The fourth-order valence-electron chi connectivity index (χ4n) is 7.83. The zero-order chi connectivity index (χ0) is 17.7. The lowest BCUT2D eigenvalue weighted by atomic mass is 9.50. The van der Waals surface area contributed by atoms with Crippen molar-refractivity contribution in [3.8, 4) is 5.75 Å². The summed E-state index contributed by atoms with van der Waals surface area (Å²) in [6, 6.07) is 5.90. The average molecular weight is 354 g/mol. The lowest BCUT2D eigenvalue weighted by molar-refractivity contribution is -0.232. The van der Waals surface area contributed by atoms with Crippen molar-refractivity contribution in [1.82, 2.24) is 4.90 Å². The van der Waals surface area contributed by atoms with Gasteiger partial charge in [-0.05, 0) is 50.2 Å². The van der Waals surface area contributed by atoms with Crippen LogP contribution in [0.3, 0.4) is 0 Å². The van der Waals surface area contributed by atoms with Crippen LogP contribution in [0.4, 0.5) is 5.69 Å². The number of hydrogen-bond donors (Lipinski definition) is 1. The number of hydrogen-bond acceptors (Lipinski definition) is 4. The number of ether oxygens (including phenoxy) is 1. The second kappa shape index (κ2) is 4.63. The third-order valence-corrected chi connectivity index (χ3v) is 8.37. The molecule has 1 saturated carbocycles. The van der Waals surface area contributed by atoms with Crippen molar-refractivity contribution >= 4 is 11.6 Å². The van der Waals surface area contributed by atoms with Crippen molar-refractivity contribution in [3.63, 3.8) is 0 Å². The van der Waals surface area contributed by atoms with Gasteiger partial charge >= 0.3 is 0 Å². The smallest absolute Gasteiger partial charge is 0.224 e. The fraction of sp³-hybridized carbons (Fsp3) is 0.667. The van der Waals surface area contributed by atoms with Crippen molar-refractivity contribution in [1.29, 1.82) is 0 Å². The van der Waals surface area contributed by atoms with E-state index in [2.05, 4.69) is 11.0 Å². The van der Waals surface area contributed by atoms with Crippen LogP contribution in [0.25, 0.3) is 0 Å². The summed E-state index contributed by atoms with van der Waals surface area (Å²) in [5, 5.41) is 10.7. The van der Waals surface area contributed by atoms with Crippen LogP contribution in [0.2, 0.25) is 0 Å². The molecule has 5 aliphatic rings. The van der Waals surface area contributed by atoms with Gasteiger partial charge in [-0.1, -0.05) is 12.1 Å². The number of fused-ring (bicyclic) bond motifs is 1. The van der Waals surface area contributed by atoms with E-state index in [1.807, 2.05) is 11.0 Å². The molecule has 4 aliphatic heterocycles. The number of para-hydroxylation sites is 1. The van der Waals surface area contributed by atoms with Gasteiger partial charge in [0, 0.05) is 32.0 Å². The molecule has 138 valence electrons. The van der Waals surface area contributed by atoms with E-state index >= 15 is 0 Å². The molecule has 6 rings (SSSR count). The molecule has 1 N–H and O–H groups in total. The Bertz CT molecular complexity index is 825. The maximum atomic E-state index is 12.7. The number of benzene rings is 1. The lowest BCUT2D eigenvalue weighted by Crippen LogP contribution is -2.73. The number of phenols is 1. The van der Waals surface area contributed by atoms with Crippen molar-refractivity contribution in [2.24, 2.45) is 5.41 Å². The largest absolute Gasteiger partial charge is 0.506 e. The molecule has 0 bridgehead atoms. The quantitative estimate of drug-likeness (QED) is 0.778. The maximum Gasteiger partial charge on any atom is 0.224 e. The van der Waals surface area contributed by atoms with Crippen LogP contribution in [-0.2, 0) is 14.9 Å². The van der Waals surface area contributed by atoms with Crippen LogP contribution < -0.4 is 4.90 Å². The monoisotopic (exact) mass is 354 g/mol. The van der Waals surface area contributed by atoms with Gasteiger partial charge in [-0.15, -0.1) is 0 Å². The van der Waals surface area contributed by atoms with E-state index in [4.69, 9.17) is 4.74 Å². The Hall–Kier alpha value is -1.59. The molecule has 5 nitrogen and oxygen atoms in total. The van der Waals surface area contributed by atoms with Gasteiger partial charge in [-0.2, -0.15) is 0 Å². The van der Waals surface area contributed by atoms with Crippen molar-refractivity contribution in [3.05, 3.63) is 23.8 Å². The van der Waals surface area contributed by atoms with E-state index in [0.717, 1.165) is 56.6 Å². The van der Waals surface area contributed by atoms with Crippen LogP contribution in [0.1, 0.15) is 51.0 Å². The Balaban J connectivity index is 1.69. The Kier molecular flexibility index (Phi) is 2.75. The van der Waals surface area contributed by atoms with Gasteiger partial charge in [-0.3, -0.25) is 9.69 Å². The highest BCUT2D eigenvalue weighted by atomic mass is 16.5. The number of anilines is 1. The number of phenolic OH excluding ortho intramolecular Hbond substituents is 1.